The van der Waals surface area contributed by atoms with E-state index in [0.29, 0.717) is 18.4 Å². The van der Waals surface area contributed by atoms with Gasteiger partial charge in [0.1, 0.15) is 6.10 Å². The number of benzene rings is 1. The van der Waals surface area contributed by atoms with Gasteiger partial charge in [-0.3, -0.25) is 0 Å². The molecule has 2 unspecified atom stereocenters. The molecule has 0 radical (unpaired) electrons. The van der Waals surface area contributed by atoms with Crippen LogP contribution in [0.15, 0.2) is 34.7 Å². The normalized spacial score (nSPS) is 21.1. The third-order valence-electron chi connectivity index (χ3n) is 4.04. The smallest absolute Gasteiger partial charge is 0.452 e. The van der Waals surface area contributed by atoms with Crippen LogP contribution in [0.4, 0.5) is 13.2 Å². The quantitative estimate of drug-likeness (QED) is 0.849. The number of halogens is 3. The topological polar surface area (TPSA) is 78.4 Å². The van der Waals surface area contributed by atoms with E-state index in [9.17, 15) is 18.0 Å². The lowest BCUT2D eigenvalue weighted by molar-refractivity contribution is -0.153. The maximum absolute atomic E-state index is 13.2. The van der Waals surface area contributed by atoms with E-state index in [2.05, 4.69) is 4.98 Å². The Labute approximate surface area is 142 Å². The average Bonchev–Trinajstić information content (AvgIpc) is 3.01. The molecule has 0 saturated heterocycles. The van der Waals surface area contributed by atoms with Crippen molar-refractivity contribution in [3.05, 3.63) is 41.8 Å². The number of ether oxygens (including phenoxy) is 1. The van der Waals surface area contributed by atoms with Crippen molar-refractivity contribution in [1.29, 1.82) is 0 Å². The van der Waals surface area contributed by atoms with Crippen molar-refractivity contribution in [3.8, 4) is 11.5 Å². The zero-order valence-corrected chi connectivity index (χ0v) is 13.3. The highest BCUT2D eigenvalue weighted by Crippen LogP contribution is 2.36. The first kappa shape index (κ1) is 17.5. The van der Waals surface area contributed by atoms with Crippen LogP contribution in [-0.4, -0.2) is 23.1 Å². The lowest BCUT2D eigenvalue weighted by Gasteiger charge is -2.26. The maximum Gasteiger partial charge on any atom is 0.452 e. The molecule has 0 bridgehead atoms. The van der Waals surface area contributed by atoms with E-state index < -0.39 is 29.7 Å². The van der Waals surface area contributed by atoms with Crippen molar-refractivity contribution in [2.75, 3.05) is 0 Å². The molecule has 2 aromatic rings. The van der Waals surface area contributed by atoms with Crippen LogP contribution in [0.5, 0.6) is 0 Å². The predicted octanol–water partition coefficient (Wildman–Crippen LogP) is 3.79. The van der Waals surface area contributed by atoms with Crippen LogP contribution in [-0.2, 0) is 10.9 Å². The number of rotatable bonds is 3. The van der Waals surface area contributed by atoms with Gasteiger partial charge in [-0.2, -0.15) is 13.2 Å². The second-order valence-electron chi connectivity index (χ2n) is 6.01. The highest BCUT2D eigenvalue weighted by molar-refractivity contribution is 5.89. The summed E-state index contributed by atoms with van der Waals surface area (Å²) in [4.78, 5) is 16.0. The van der Waals surface area contributed by atoms with Gasteiger partial charge in [-0.15, -0.1) is 0 Å². The molecule has 1 aromatic carbocycles. The van der Waals surface area contributed by atoms with E-state index in [1.807, 2.05) is 0 Å². The molecule has 2 atom stereocenters. The number of nitrogens with two attached hydrogens (primary N) is 1. The molecule has 1 aromatic heterocycles. The summed E-state index contributed by atoms with van der Waals surface area (Å²) in [6.45, 7) is 0. The summed E-state index contributed by atoms with van der Waals surface area (Å²) in [5.74, 6) is -2.87. The van der Waals surface area contributed by atoms with Crippen LogP contribution in [0.2, 0.25) is 0 Å². The molecular weight excluding hydrogens is 337 g/mol. The summed E-state index contributed by atoms with van der Waals surface area (Å²) in [7, 11) is 0. The molecule has 1 heterocycles. The van der Waals surface area contributed by atoms with E-state index in [1.165, 1.54) is 0 Å². The van der Waals surface area contributed by atoms with E-state index in [1.54, 1.807) is 30.3 Å². The highest BCUT2D eigenvalue weighted by Gasteiger charge is 2.43. The number of hydrogen-bond donors (Lipinski definition) is 1. The summed E-state index contributed by atoms with van der Waals surface area (Å²) in [5, 5.41) is 0. The maximum atomic E-state index is 13.2. The Morgan fingerprint density at radius 2 is 1.96 bits per heavy atom. The van der Waals surface area contributed by atoms with Gasteiger partial charge in [-0.05, 0) is 37.8 Å². The minimum absolute atomic E-state index is 0.120. The van der Waals surface area contributed by atoms with Gasteiger partial charge in [0.15, 0.2) is 5.69 Å². The van der Waals surface area contributed by atoms with Gasteiger partial charge in [0.25, 0.3) is 0 Å². The number of nitrogens with zero attached hydrogens (tertiary/aromatic N) is 1. The summed E-state index contributed by atoms with van der Waals surface area (Å²) >= 11 is 0. The molecule has 3 rings (SSSR count). The number of esters is 1. The Kier molecular flexibility index (Phi) is 4.80. The van der Waals surface area contributed by atoms with Crippen LogP contribution in [0, 0.1) is 0 Å². The Balaban J connectivity index is 1.88. The van der Waals surface area contributed by atoms with Crippen molar-refractivity contribution >= 4 is 5.97 Å². The fourth-order valence-corrected chi connectivity index (χ4v) is 2.85. The van der Waals surface area contributed by atoms with Gasteiger partial charge in [0.2, 0.25) is 11.7 Å². The number of oxazole rings is 1. The Bertz CT molecular complexity index is 743. The number of hydrogen-bond acceptors (Lipinski definition) is 5. The Morgan fingerprint density at radius 3 is 2.60 bits per heavy atom. The van der Waals surface area contributed by atoms with Gasteiger partial charge in [0.05, 0.1) is 0 Å². The average molecular weight is 354 g/mol. The molecule has 134 valence electrons. The fourth-order valence-electron chi connectivity index (χ4n) is 2.85. The van der Waals surface area contributed by atoms with E-state index >= 15 is 0 Å². The molecule has 0 spiro atoms. The van der Waals surface area contributed by atoms with Crippen molar-refractivity contribution in [2.24, 2.45) is 5.73 Å². The minimum atomic E-state index is -4.85. The second kappa shape index (κ2) is 6.87. The van der Waals surface area contributed by atoms with Crippen molar-refractivity contribution in [3.63, 3.8) is 0 Å². The van der Waals surface area contributed by atoms with Crippen LogP contribution < -0.4 is 5.73 Å². The predicted molar refractivity (Wildman–Crippen MR) is 82.6 cm³/mol. The van der Waals surface area contributed by atoms with Gasteiger partial charge >= 0.3 is 12.1 Å². The first-order valence-corrected chi connectivity index (χ1v) is 7.94. The molecular formula is C17H17F3N2O3. The van der Waals surface area contributed by atoms with Crippen LogP contribution >= 0.6 is 0 Å². The first-order valence-electron chi connectivity index (χ1n) is 7.94. The lowest BCUT2D eigenvalue weighted by atomic mass is 9.93. The fraction of sp³-hybridized carbons (Fsp3) is 0.412. The largest absolute Gasteiger partial charge is 0.457 e. The molecule has 0 amide bonds. The number of alkyl halides is 3. The summed E-state index contributed by atoms with van der Waals surface area (Å²) in [6, 6.07) is 7.94. The number of carbonyl (C=O) groups is 1. The molecule has 25 heavy (non-hydrogen) atoms. The first-order chi connectivity index (χ1) is 11.8. The molecule has 0 aliphatic heterocycles. The van der Waals surface area contributed by atoms with Gasteiger partial charge in [-0.25, -0.2) is 9.78 Å². The second-order valence-corrected chi connectivity index (χ2v) is 6.01. The van der Waals surface area contributed by atoms with Gasteiger partial charge in [-0.1, -0.05) is 18.2 Å². The molecule has 1 fully saturated rings. The standard InChI is InChI=1S/C17H17F3N2O3/c18-17(19,20)14-13(16(23)24-12-8-4-7-11(21)9-12)22-15(25-14)10-5-2-1-3-6-10/h1-3,5-6,11-12H,4,7-9,21H2. The van der Waals surface area contributed by atoms with E-state index in [4.69, 9.17) is 14.9 Å². The highest BCUT2D eigenvalue weighted by atomic mass is 19.4. The minimum Gasteiger partial charge on any atom is -0.457 e. The Morgan fingerprint density at radius 1 is 1.24 bits per heavy atom. The third kappa shape index (κ3) is 4.01. The van der Waals surface area contributed by atoms with Crippen LogP contribution in [0.25, 0.3) is 11.5 Å². The van der Waals surface area contributed by atoms with Crippen molar-refractivity contribution in [1.82, 2.24) is 4.98 Å². The van der Waals surface area contributed by atoms with E-state index in [0.717, 1.165) is 12.8 Å². The van der Waals surface area contributed by atoms with Gasteiger partial charge < -0.3 is 14.9 Å². The van der Waals surface area contributed by atoms with Crippen LogP contribution in [0.3, 0.4) is 0 Å². The van der Waals surface area contributed by atoms with Gasteiger partial charge in [0, 0.05) is 11.6 Å². The van der Waals surface area contributed by atoms with Crippen molar-refractivity contribution < 1.29 is 27.1 Å². The zero-order valence-electron chi connectivity index (χ0n) is 13.3. The Hall–Kier alpha value is -2.35. The monoisotopic (exact) mass is 354 g/mol. The SMILES string of the molecule is NC1CCCC(OC(=O)c2nc(-c3ccccc3)oc2C(F)(F)F)C1. The van der Waals surface area contributed by atoms with E-state index in [-0.39, 0.29) is 11.9 Å². The lowest BCUT2D eigenvalue weighted by Crippen LogP contribution is -2.33. The summed E-state index contributed by atoms with van der Waals surface area (Å²) in [6.07, 6.45) is -2.78. The van der Waals surface area contributed by atoms with Crippen molar-refractivity contribution in [2.45, 2.75) is 44.0 Å². The molecule has 5 nitrogen and oxygen atoms in total. The molecule has 1 saturated carbocycles. The summed E-state index contributed by atoms with van der Waals surface area (Å²) in [5.41, 5.74) is 5.30. The zero-order chi connectivity index (χ0) is 18.0. The number of aromatic nitrogens is 1. The number of carbonyl (C=O) groups excluding carboxylic acids is 1. The third-order valence-corrected chi connectivity index (χ3v) is 4.04. The molecule has 2 N–H and O–H groups in total. The molecule has 8 heteroatoms. The molecule has 1 aliphatic rings. The molecule has 1 aliphatic carbocycles. The summed E-state index contributed by atoms with van der Waals surface area (Å²) < 4.78 is 49.7. The van der Waals surface area contributed by atoms with Crippen LogP contribution in [0.1, 0.15) is 41.9 Å².